The number of thiocarbonyl (C=S) groups is 1. The number of thiazole rings is 1. The number of carbonyl (C=O) groups is 1. The van der Waals surface area contributed by atoms with Gasteiger partial charge >= 0.3 is 0 Å². The van der Waals surface area contributed by atoms with Crippen LogP contribution in [0.5, 0.6) is 11.5 Å². The fourth-order valence-corrected chi connectivity index (χ4v) is 4.60. The summed E-state index contributed by atoms with van der Waals surface area (Å²) in [6.07, 6.45) is 4.29. The number of nitrogens with zero attached hydrogens (tertiary/aromatic N) is 2. The number of amides is 1. The van der Waals surface area contributed by atoms with E-state index in [0.29, 0.717) is 33.7 Å². The van der Waals surface area contributed by atoms with Crippen LogP contribution in [0.2, 0.25) is 0 Å². The zero-order chi connectivity index (χ0) is 18.7. The summed E-state index contributed by atoms with van der Waals surface area (Å²) in [6.45, 7) is 2.51. The second-order valence-corrected chi connectivity index (χ2v) is 8.52. The van der Waals surface area contributed by atoms with Gasteiger partial charge in [-0.3, -0.25) is 9.69 Å². The molecular formula is C18H18N2O3S3. The van der Waals surface area contributed by atoms with Gasteiger partial charge in [-0.25, -0.2) is 4.98 Å². The summed E-state index contributed by atoms with van der Waals surface area (Å²) in [5, 5.41) is 0.822. The summed E-state index contributed by atoms with van der Waals surface area (Å²) >= 11 is 8.27. The molecule has 5 nitrogen and oxygen atoms in total. The van der Waals surface area contributed by atoms with Crippen LogP contribution >= 0.6 is 35.3 Å². The third-order valence-electron chi connectivity index (χ3n) is 3.84. The molecule has 1 aliphatic heterocycles. The van der Waals surface area contributed by atoms with E-state index >= 15 is 0 Å². The largest absolute Gasteiger partial charge is 0.493 e. The van der Waals surface area contributed by atoms with Crippen molar-refractivity contribution in [1.82, 2.24) is 9.88 Å². The van der Waals surface area contributed by atoms with E-state index in [2.05, 4.69) is 4.98 Å². The number of aryl methyl sites for hydroxylation is 1. The molecule has 0 N–H and O–H groups in total. The molecule has 1 fully saturated rings. The average molecular weight is 407 g/mol. The first-order chi connectivity index (χ1) is 12.5. The average Bonchev–Trinajstić information content (AvgIpc) is 3.16. The highest BCUT2D eigenvalue weighted by Gasteiger charge is 2.31. The molecule has 3 rings (SSSR count). The first-order valence-electron chi connectivity index (χ1n) is 7.90. The maximum absolute atomic E-state index is 12.7. The van der Waals surface area contributed by atoms with E-state index in [1.165, 1.54) is 11.8 Å². The Morgan fingerprint density at radius 2 is 2.04 bits per heavy atom. The molecule has 1 aliphatic rings. The minimum Gasteiger partial charge on any atom is -0.493 e. The Labute approximate surface area is 166 Å². The lowest BCUT2D eigenvalue weighted by molar-refractivity contribution is -0.122. The molecule has 1 amide bonds. The van der Waals surface area contributed by atoms with Gasteiger partial charge in [0.2, 0.25) is 0 Å². The second kappa shape index (κ2) is 8.20. The Kier molecular flexibility index (Phi) is 5.95. The van der Waals surface area contributed by atoms with Gasteiger partial charge in [0.05, 0.1) is 19.1 Å². The molecule has 136 valence electrons. The molecule has 0 bridgehead atoms. The molecule has 0 atom stereocenters. The molecule has 0 saturated carbocycles. The van der Waals surface area contributed by atoms with Crippen molar-refractivity contribution in [2.75, 3.05) is 20.8 Å². The first kappa shape index (κ1) is 18.9. The summed E-state index contributed by atoms with van der Waals surface area (Å²) < 4.78 is 11.2. The van der Waals surface area contributed by atoms with Gasteiger partial charge in [0, 0.05) is 17.6 Å². The van der Waals surface area contributed by atoms with Crippen LogP contribution < -0.4 is 9.47 Å². The minimum absolute atomic E-state index is 0.0617. The number of rotatable bonds is 6. The van der Waals surface area contributed by atoms with Crippen LogP contribution in [0, 0.1) is 6.92 Å². The highest BCUT2D eigenvalue weighted by molar-refractivity contribution is 8.26. The van der Waals surface area contributed by atoms with Crippen LogP contribution in [0.15, 0.2) is 29.3 Å². The van der Waals surface area contributed by atoms with Gasteiger partial charge in [0.15, 0.2) is 11.5 Å². The zero-order valence-electron chi connectivity index (χ0n) is 14.6. The fraction of sp³-hybridized carbons (Fsp3) is 0.278. The van der Waals surface area contributed by atoms with Crippen LogP contribution in [-0.2, 0) is 11.2 Å². The predicted molar refractivity (Wildman–Crippen MR) is 110 cm³/mol. The number of thioether (sulfide) groups is 1. The summed E-state index contributed by atoms with van der Waals surface area (Å²) in [6, 6.07) is 5.75. The highest BCUT2D eigenvalue weighted by Crippen LogP contribution is 2.34. The third-order valence-corrected chi connectivity index (χ3v) is 6.08. The van der Waals surface area contributed by atoms with Crippen LogP contribution in [0.25, 0.3) is 6.08 Å². The summed E-state index contributed by atoms with van der Waals surface area (Å²) in [5.41, 5.74) is 1.05. The molecule has 0 aliphatic carbocycles. The molecule has 1 saturated heterocycles. The van der Waals surface area contributed by atoms with Gasteiger partial charge in [-0.1, -0.05) is 30.0 Å². The number of benzene rings is 1. The lowest BCUT2D eigenvalue weighted by Crippen LogP contribution is -2.30. The number of aromatic nitrogens is 1. The molecular weight excluding hydrogens is 388 g/mol. The van der Waals surface area contributed by atoms with Gasteiger partial charge in [0.1, 0.15) is 9.33 Å². The van der Waals surface area contributed by atoms with E-state index in [1.807, 2.05) is 31.2 Å². The Morgan fingerprint density at radius 1 is 1.27 bits per heavy atom. The van der Waals surface area contributed by atoms with Crippen molar-refractivity contribution in [3.8, 4) is 11.5 Å². The monoisotopic (exact) mass is 406 g/mol. The van der Waals surface area contributed by atoms with E-state index in [-0.39, 0.29) is 5.91 Å². The van der Waals surface area contributed by atoms with E-state index in [0.717, 1.165) is 15.4 Å². The topological polar surface area (TPSA) is 51.7 Å². The molecule has 0 unspecified atom stereocenters. The number of hydrogen-bond donors (Lipinski definition) is 0. The van der Waals surface area contributed by atoms with Crippen molar-refractivity contribution < 1.29 is 14.3 Å². The van der Waals surface area contributed by atoms with Crippen LogP contribution in [0.4, 0.5) is 0 Å². The maximum Gasteiger partial charge on any atom is 0.266 e. The second-order valence-electron chi connectivity index (χ2n) is 5.58. The molecule has 0 spiro atoms. The third kappa shape index (κ3) is 4.08. The Hall–Kier alpha value is -1.90. The SMILES string of the molecule is COc1ccc(CCN2C(=O)/C(=C/c3ncc(C)s3)SC2=S)cc1OC. The first-order valence-corrected chi connectivity index (χ1v) is 9.94. The lowest BCUT2D eigenvalue weighted by Gasteiger charge is -2.15. The van der Waals surface area contributed by atoms with Gasteiger partial charge in [-0.15, -0.1) is 11.3 Å². The van der Waals surface area contributed by atoms with Crippen LogP contribution in [0.1, 0.15) is 15.4 Å². The normalized spacial score (nSPS) is 15.8. The number of hydrogen-bond acceptors (Lipinski definition) is 7. The Bertz CT molecular complexity index is 876. The molecule has 0 radical (unpaired) electrons. The van der Waals surface area contributed by atoms with Crippen molar-refractivity contribution in [3.05, 3.63) is 44.7 Å². The van der Waals surface area contributed by atoms with E-state index in [1.54, 1.807) is 36.7 Å². The van der Waals surface area contributed by atoms with E-state index in [4.69, 9.17) is 21.7 Å². The quantitative estimate of drug-likeness (QED) is 0.535. The van der Waals surface area contributed by atoms with Crippen molar-refractivity contribution in [1.29, 1.82) is 0 Å². The molecule has 8 heteroatoms. The minimum atomic E-state index is -0.0617. The van der Waals surface area contributed by atoms with Gasteiger partial charge < -0.3 is 9.47 Å². The number of ether oxygens (including phenoxy) is 2. The van der Waals surface area contributed by atoms with Gasteiger partial charge in [-0.05, 0) is 37.1 Å². The summed E-state index contributed by atoms with van der Waals surface area (Å²) in [5.74, 6) is 1.30. The number of methoxy groups -OCH3 is 2. The van der Waals surface area contributed by atoms with E-state index in [9.17, 15) is 4.79 Å². The maximum atomic E-state index is 12.7. The molecule has 2 heterocycles. The van der Waals surface area contributed by atoms with Crippen LogP contribution in [-0.4, -0.2) is 40.9 Å². The van der Waals surface area contributed by atoms with Gasteiger partial charge in [-0.2, -0.15) is 0 Å². The summed E-state index contributed by atoms with van der Waals surface area (Å²) in [7, 11) is 3.21. The Balaban J connectivity index is 1.69. The lowest BCUT2D eigenvalue weighted by atomic mass is 10.1. The van der Waals surface area contributed by atoms with Crippen molar-refractivity contribution >= 4 is 51.6 Å². The number of carbonyl (C=O) groups excluding carboxylic acids is 1. The predicted octanol–water partition coefficient (Wildman–Crippen LogP) is 3.91. The van der Waals surface area contributed by atoms with E-state index < -0.39 is 0 Å². The smallest absolute Gasteiger partial charge is 0.266 e. The molecule has 26 heavy (non-hydrogen) atoms. The van der Waals surface area contributed by atoms with Crippen molar-refractivity contribution in [2.45, 2.75) is 13.3 Å². The molecule has 1 aromatic heterocycles. The highest BCUT2D eigenvalue weighted by atomic mass is 32.2. The van der Waals surface area contributed by atoms with Crippen molar-refractivity contribution in [2.24, 2.45) is 0 Å². The standard InChI is InChI=1S/C18H18N2O3S3/c1-11-10-19-16(25-11)9-15-17(21)20(18(24)26-15)7-6-12-4-5-13(22-2)14(8-12)23-3/h4-5,8-10H,6-7H2,1-3H3/b15-9-. The van der Waals surface area contributed by atoms with Gasteiger partial charge in [0.25, 0.3) is 5.91 Å². The summed E-state index contributed by atoms with van der Waals surface area (Å²) in [4.78, 5) is 20.3. The Morgan fingerprint density at radius 3 is 2.69 bits per heavy atom. The zero-order valence-corrected chi connectivity index (χ0v) is 17.1. The fourth-order valence-electron chi connectivity index (χ4n) is 2.52. The van der Waals surface area contributed by atoms with Crippen LogP contribution in [0.3, 0.4) is 0 Å². The molecule has 2 aromatic rings. The van der Waals surface area contributed by atoms with Crippen molar-refractivity contribution in [3.63, 3.8) is 0 Å². The molecule has 1 aromatic carbocycles.